The van der Waals surface area contributed by atoms with Crippen molar-refractivity contribution in [1.29, 1.82) is 0 Å². The molecule has 1 atom stereocenters. The van der Waals surface area contributed by atoms with Crippen molar-refractivity contribution in [2.45, 2.75) is 19.4 Å². The Kier molecular flexibility index (Phi) is 6.89. The van der Waals surface area contributed by atoms with Crippen molar-refractivity contribution in [3.63, 3.8) is 0 Å². The van der Waals surface area contributed by atoms with E-state index in [0.717, 1.165) is 6.42 Å². The molecule has 4 rings (SSSR count). The molecule has 0 saturated carbocycles. The number of benzene rings is 3. The van der Waals surface area contributed by atoms with E-state index in [1.807, 2.05) is 13.0 Å². The van der Waals surface area contributed by atoms with E-state index in [4.69, 9.17) is 21.1 Å². The molecule has 1 aliphatic heterocycles. The Morgan fingerprint density at radius 2 is 1.74 bits per heavy atom. The van der Waals surface area contributed by atoms with E-state index >= 15 is 0 Å². The van der Waals surface area contributed by atoms with Crippen LogP contribution >= 0.6 is 11.6 Å². The van der Waals surface area contributed by atoms with Gasteiger partial charge in [-0.15, -0.1) is 0 Å². The number of Topliss-reactive ketones (excluding diaryl/α,β-unsaturated/α-hetero) is 1. The lowest BCUT2D eigenvalue weighted by atomic mass is 9.94. The number of carbonyl (C=O) groups excluding carboxylic acids is 2. The molecular weight excluding hydrogens is 454 g/mol. The number of methoxy groups -OCH3 is 1. The Morgan fingerprint density at radius 3 is 2.38 bits per heavy atom. The molecule has 0 radical (unpaired) electrons. The fraction of sp³-hybridized carbons (Fsp3) is 0.185. The van der Waals surface area contributed by atoms with Crippen LogP contribution in [0, 0.1) is 0 Å². The first-order valence-corrected chi connectivity index (χ1v) is 11.3. The monoisotopic (exact) mass is 477 g/mol. The van der Waals surface area contributed by atoms with Crippen LogP contribution in [0.3, 0.4) is 0 Å². The third-order valence-electron chi connectivity index (χ3n) is 5.56. The molecule has 174 valence electrons. The van der Waals surface area contributed by atoms with Gasteiger partial charge in [0.05, 0.1) is 30.9 Å². The summed E-state index contributed by atoms with van der Waals surface area (Å²) in [6, 6.07) is 19.9. The molecule has 7 heteroatoms. The smallest absolute Gasteiger partial charge is 0.300 e. The Hall–Kier alpha value is -3.77. The molecule has 1 fully saturated rings. The lowest BCUT2D eigenvalue weighted by Gasteiger charge is -2.25. The summed E-state index contributed by atoms with van der Waals surface area (Å²) in [4.78, 5) is 27.9. The molecule has 1 N–H and O–H groups in total. The van der Waals surface area contributed by atoms with Crippen LogP contribution in [0.4, 0.5) is 5.69 Å². The molecule has 0 aliphatic carbocycles. The number of nitrogens with zero attached hydrogens (tertiary/aromatic N) is 1. The highest BCUT2D eigenvalue weighted by atomic mass is 35.5. The zero-order valence-electron chi connectivity index (χ0n) is 18.8. The predicted octanol–water partition coefficient (Wildman–Crippen LogP) is 5.76. The maximum absolute atomic E-state index is 13.3. The second kappa shape index (κ2) is 10.0. The van der Waals surface area contributed by atoms with Gasteiger partial charge in [0.25, 0.3) is 11.7 Å². The number of halogens is 1. The fourth-order valence-electron chi connectivity index (χ4n) is 3.98. The van der Waals surface area contributed by atoms with E-state index in [2.05, 4.69) is 0 Å². The molecule has 1 unspecified atom stereocenters. The van der Waals surface area contributed by atoms with Gasteiger partial charge in [0, 0.05) is 10.7 Å². The van der Waals surface area contributed by atoms with Crippen molar-refractivity contribution in [2.75, 3.05) is 18.6 Å². The van der Waals surface area contributed by atoms with Crippen LogP contribution in [-0.4, -0.2) is 30.5 Å². The summed E-state index contributed by atoms with van der Waals surface area (Å²) in [5.74, 6) is -0.870. The van der Waals surface area contributed by atoms with Crippen LogP contribution in [0.1, 0.15) is 30.5 Å². The molecule has 3 aromatic rings. The highest BCUT2D eigenvalue weighted by Gasteiger charge is 2.47. The second-order valence-corrected chi connectivity index (χ2v) is 8.20. The number of aliphatic hydroxyl groups excluding tert-OH is 1. The zero-order valence-corrected chi connectivity index (χ0v) is 19.6. The molecule has 1 heterocycles. The molecule has 6 nitrogen and oxygen atoms in total. The van der Waals surface area contributed by atoms with Crippen LogP contribution < -0.4 is 14.4 Å². The predicted molar refractivity (Wildman–Crippen MR) is 131 cm³/mol. The summed E-state index contributed by atoms with van der Waals surface area (Å²) in [6.07, 6.45) is 0.872. The van der Waals surface area contributed by atoms with Crippen LogP contribution in [-0.2, 0) is 9.59 Å². The number of ketones is 1. The van der Waals surface area contributed by atoms with E-state index in [-0.39, 0.29) is 16.9 Å². The van der Waals surface area contributed by atoms with Gasteiger partial charge in [-0.25, -0.2) is 0 Å². The summed E-state index contributed by atoms with van der Waals surface area (Å²) < 4.78 is 11.0. The van der Waals surface area contributed by atoms with E-state index in [1.54, 1.807) is 60.7 Å². The van der Waals surface area contributed by atoms with Crippen LogP contribution in [0.15, 0.2) is 78.4 Å². The SMILES string of the molecule is CCCOc1ccc(C2/C(=C(\O)c3cc(Cl)ccc3OC)C(=O)C(=O)N2c2ccccc2)cc1. The van der Waals surface area contributed by atoms with Crippen molar-refractivity contribution < 1.29 is 24.2 Å². The second-order valence-electron chi connectivity index (χ2n) is 7.77. The number of amides is 1. The number of ether oxygens (including phenoxy) is 2. The molecule has 34 heavy (non-hydrogen) atoms. The highest BCUT2D eigenvalue weighted by Crippen LogP contribution is 2.43. The molecule has 1 saturated heterocycles. The lowest BCUT2D eigenvalue weighted by Crippen LogP contribution is -2.29. The molecule has 0 aromatic heterocycles. The first-order chi connectivity index (χ1) is 16.5. The minimum absolute atomic E-state index is 0.0448. The quantitative estimate of drug-likeness (QED) is 0.266. The number of aliphatic hydroxyl groups is 1. The number of rotatable bonds is 7. The summed E-state index contributed by atoms with van der Waals surface area (Å²) in [7, 11) is 1.45. The van der Waals surface area contributed by atoms with Gasteiger partial charge in [-0.05, 0) is 54.4 Å². The standard InChI is InChI=1S/C27H24ClNO5/c1-3-15-34-20-12-9-17(10-13-20)24-23(25(30)21-16-18(28)11-14-22(21)33-2)26(31)27(32)29(24)19-7-5-4-6-8-19/h4-14,16,24,30H,3,15H2,1-2H3/b25-23+. The van der Waals surface area contributed by atoms with Crippen molar-refractivity contribution in [2.24, 2.45) is 0 Å². The normalized spacial score (nSPS) is 17.1. The van der Waals surface area contributed by atoms with E-state index in [0.29, 0.717) is 34.4 Å². The maximum Gasteiger partial charge on any atom is 0.300 e. The van der Waals surface area contributed by atoms with E-state index in [1.165, 1.54) is 18.1 Å². The summed E-state index contributed by atoms with van der Waals surface area (Å²) in [6.45, 7) is 2.60. The first kappa shape index (κ1) is 23.4. The Bertz CT molecular complexity index is 1240. The van der Waals surface area contributed by atoms with Gasteiger partial charge >= 0.3 is 0 Å². The summed E-state index contributed by atoms with van der Waals surface area (Å²) in [5.41, 5.74) is 1.37. The number of hydrogen-bond acceptors (Lipinski definition) is 5. The van der Waals surface area contributed by atoms with Gasteiger partial charge in [-0.3, -0.25) is 14.5 Å². The van der Waals surface area contributed by atoms with Crippen molar-refractivity contribution in [3.8, 4) is 11.5 Å². The molecule has 3 aromatic carbocycles. The van der Waals surface area contributed by atoms with Crippen molar-refractivity contribution in [1.82, 2.24) is 0 Å². The topological polar surface area (TPSA) is 76.1 Å². The van der Waals surface area contributed by atoms with Crippen molar-refractivity contribution >= 4 is 34.7 Å². The molecule has 1 amide bonds. The highest BCUT2D eigenvalue weighted by molar-refractivity contribution is 6.51. The van der Waals surface area contributed by atoms with Crippen LogP contribution in [0.25, 0.3) is 5.76 Å². The van der Waals surface area contributed by atoms with Crippen LogP contribution in [0.2, 0.25) is 5.02 Å². The molecule has 0 spiro atoms. The third kappa shape index (κ3) is 4.37. The minimum atomic E-state index is -0.855. The summed E-state index contributed by atoms with van der Waals surface area (Å²) in [5, 5.41) is 11.7. The Labute approximate surface area is 203 Å². The Balaban J connectivity index is 1.91. The summed E-state index contributed by atoms with van der Waals surface area (Å²) >= 11 is 6.16. The number of hydrogen-bond donors (Lipinski definition) is 1. The first-order valence-electron chi connectivity index (χ1n) is 10.9. The van der Waals surface area contributed by atoms with E-state index in [9.17, 15) is 14.7 Å². The Morgan fingerprint density at radius 1 is 1.03 bits per heavy atom. The molecule has 0 bridgehead atoms. The molecular formula is C27H24ClNO5. The van der Waals surface area contributed by atoms with Gasteiger partial charge in [-0.1, -0.05) is 48.9 Å². The average molecular weight is 478 g/mol. The van der Waals surface area contributed by atoms with Gasteiger partial charge in [-0.2, -0.15) is 0 Å². The molecule has 1 aliphatic rings. The average Bonchev–Trinajstić information content (AvgIpc) is 3.13. The van der Waals surface area contributed by atoms with Crippen molar-refractivity contribution in [3.05, 3.63) is 94.5 Å². The third-order valence-corrected chi connectivity index (χ3v) is 5.80. The van der Waals surface area contributed by atoms with Gasteiger partial charge in [0.1, 0.15) is 17.3 Å². The van der Waals surface area contributed by atoms with Gasteiger partial charge < -0.3 is 14.6 Å². The maximum atomic E-state index is 13.3. The van der Waals surface area contributed by atoms with Crippen LogP contribution in [0.5, 0.6) is 11.5 Å². The zero-order chi connectivity index (χ0) is 24.2. The number of anilines is 1. The van der Waals surface area contributed by atoms with Gasteiger partial charge in [0.15, 0.2) is 0 Å². The van der Waals surface area contributed by atoms with E-state index < -0.39 is 17.7 Å². The largest absolute Gasteiger partial charge is 0.507 e. The van der Waals surface area contributed by atoms with Gasteiger partial charge in [0.2, 0.25) is 0 Å². The number of carbonyl (C=O) groups is 2. The lowest BCUT2D eigenvalue weighted by molar-refractivity contribution is -0.132. The minimum Gasteiger partial charge on any atom is -0.507 e. The number of para-hydroxylation sites is 1. The fourth-order valence-corrected chi connectivity index (χ4v) is 4.15.